The van der Waals surface area contributed by atoms with Crippen molar-refractivity contribution >= 4 is 49.5 Å². The van der Waals surface area contributed by atoms with Crippen LogP contribution < -0.4 is 10.3 Å². The van der Waals surface area contributed by atoms with Crippen molar-refractivity contribution in [3.05, 3.63) is 216 Å². The zero-order valence-corrected chi connectivity index (χ0v) is 37.0. The molecule has 0 unspecified atom stereocenters. The van der Waals surface area contributed by atoms with E-state index in [1.54, 1.807) is 24.8 Å². The molecule has 10 aromatic rings. The molecule has 2 aliphatic rings. The Morgan fingerprint density at radius 3 is 1.86 bits per heavy atom. The van der Waals surface area contributed by atoms with Crippen molar-refractivity contribution in [3.8, 4) is 5.75 Å². The molecule has 0 saturated heterocycles. The number of ketones is 1. The van der Waals surface area contributed by atoms with Crippen LogP contribution in [-0.4, -0.2) is 47.1 Å². The third-order valence-electron chi connectivity index (χ3n) is 10.5. The fourth-order valence-electron chi connectivity index (χ4n) is 7.22. The van der Waals surface area contributed by atoms with Gasteiger partial charge in [0.1, 0.15) is 17.2 Å². The molecule has 0 amide bonds. The van der Waals surface area contributed by atoms with Gasteiger partial charge in [0.05, 0.1) is 29.2 Å². The molecule has 1 aliphatic heterocycles. The van der Waals surface area contributed by atoms with E-state index >= 15 is 0 Å². The van der Waals surface area contributed by atoms with Crippen molar-refractivity contribution in [1.29, 1.82) is 0 Å². The molecule has 10 nitrogen and oxygen atoms in total. The van der Waals surface area contributed by atoms with Gasteiger partial charge < -0.3 is 9.72 Å². The molecular weight excluding hydrogens is 807 g/mol. The van der Waals surface area contributed by atoms with Crippen LogP contribution in [0.15, 0.2) is 194 Å². The number of para-hydroxylation sites is 2. The lowest BCUT2D eigenvalue weighted by Gasteiger charge is -2.20. The van der Waals surface area contributed by atoms with Gasteiger partial charge in [0.25, 0.3) is 5.56 Å². The van der Waals surface area contributed by atoms with Crippen molar-refractivity contribution in [3.63, 3.8) is 0 Å². The summed E-state index contributed by atoms with van der Waals surface area (Å²) in [4.78, 5) is 42.5. The Balaban J connectivity index is 0.000000117. The minimum absolute atomic E-state index is 0.0272. The number of carbonyl (C=O) groups excluding carboxylic acids is 1. The van der Waals surface area contributed by atoms with Gasteiger partial charge in [0, 0.05) is 65.4 Å². The highest BCUT2D eigenvalue weighted by molar-refractivity contribution is 5.83. The first-order valence-corrected chi connectivity index (χ1v) is 21.8. The van der Waals surface area contributed by atoms with Crippen LogP contribution in [-0.2, 0) is 29.6 Å². The molecule has 10 heteroatoms. The van der Waals surface area contributed by atoms with E-state index in [-0.39, 0.29) is 11.1 Å². The van der Waals surface area contributed by atoms with Gasteiger partial charge >= 0.3 is 0 Å². The number of aromatic amines is 1. The summed E-state index contributed by atoms with van der Waals surface area (Å²) in [5.74, 6) is 1.46. The first kappa shape index (κ1) is 45.2. The van der Waals surface area contributed by atoms with Crippen molar-refractivity contribution in [1.82, 2.24) is 34.7 Å². The van der Waals surface area contributed by atoms with Crippen LogP contribution in [0.2, 0.25) is 0 Å². The molecule has 65 heavy (non-hydrogen) atoms. The number of nitrogens with zero attached hydrogens (tertiary/aromatic N) is 6. The number of H-pyrrole nitrogens is 1. The van der Waals surface area contributed by atoms with Crippen LogP contribution in [0.3, 0.4) is 0 Å². The van der Waals surface area contributed by atoms with Crippen LogP contribution in [0, 0.1) is 0 Å². The van der Waals surface area contributed by atoms with E-state index in [2.05, 4.69) is 60.4 Å². The summed E-state index contributed by atoms with van der Waals surface area (Å²) in [5, 5.41) is 9.25. The van der Waals surface area contributed by atoms with Crippen LogP contribution in [0.5, 0.6) is 5.75 Å². The number of Topliss-reactive ketones (excluding diaryl/α,β-unsaturated/α-hetero) is 1. The molecule has 0 fully saturated rings. The summed E-state index contributed by atoms with van der Waals surface area (Å²) in [5.41, 5.74) is 6.46. The molecule has 0 bridgehead atoms. The van der Waals surface area contributed by atoms with Gasteiger partial charge in [-0.3, -0.25) is 14.6 Å². The normalized spacial score (nSPS) is 12.4. The van der Waals surface area contributed by atoms with E-state index in [9.17, 15) is 9.59 Å². The van der Waals surface area contributed by atoms with E-state index in [0.29, 0.717) is 12.2 Å². The number of hydrogen-bond acceptors (Lipinski definition) is 8. The number of ether oxygens (including phenoxy) is 1. The smallest absolute Gasteiger partial charge is 0.275 e. The molecule has 4 aromatic carbocycles. The van der Waals surface area contributed by atoms with Crippen LogP contribution in [0.1, 0.15) is 50.3 Å². The zero-order chi connectivity index (χ0) is 45.3. The van der Waals surface area contributed by atoms with Gasteiger partial charge in [-0.15, -0.1) is 0 Å². The maximum Gasteiger partial charge on any atom is 0.275 e. The predicted molar refractivity (Wildman–Crippen MR) is 262 cm³/mol. The maximum absolute atomic E-state index is 12.1. The maximum atomic E-state index is 12.1. The molecule has 326 valence electrons. The first-order valence-electron chi connectivity index (χ1n) is 21.8. The van der Waals surface area contributed by atoms with E-state index in [1.165, 1.54) is 33.2 Å². The lowest BCUT2D eigenvalue weighted by Crippen LogP contribution is -2.35. The number of aromatic nitrogens is 7. The number of carbonyl (C=O) groups is 1. The van der Waals surface area contributed by atoms with Gasteiger partial charge in [-0.1, -0.05) is 84.9 Å². The number of hydrogen-bond donors (Lipinski definition) is 1. The first-order chi connectivity index (χ1) is 31.7. The molecule has 1 N–H and O–H groups in total. The molecule has 0 spiro atoms. The molecule has 1 aliphatic carbocycles. The summed E-state index contributed by atoms with van der Waals surface area (Å²) >= 11 is 0. The fourth-order valence-corrected chi connectivity index (χ4v) is 7.22. The molecule has 0 radical (unpaired) electrons. The minimum atomic E-state index is -0.277. The standard InChI is InChI=1S/C12H14N2O.C10H10O.C9H7N.C9H10O.C8H6N2.C7H6N2/c1-12(2,3)14-11(15)10-7-5-4-6-9(10)8-13-14;11-10-6-5-8-3-1-2-4-9(8)7-10;2*1-2-6-9-8(4-1)5-3-7-10-9;1-3-7-4-2-6-10-8(7)9-5-1;1-2-6-3-5-9-7(6)8-4-1/h4-8H,1-3H3;1-4H,5-7H2;1-7H;1-2,4,6H,3,5,7H2;1-6H;1-5H,(H,8,9). The van der Waals surface area contributed by atoms with Crippen LogP contribution >= 0.6 is 0 Å². The Morgan fingerprint density at radius 1 is 0.554 bits per heavy atom. The van der Waals surface area contributed by atoms with E-state index < -0.39 is 0 Å². The third-order valence-corrected chi connectivity index (χ3v) is 10.5. The molecule has 12 rings (SSSR count). The van der Waals surface area contributed by atoms with Crippen molar-refractivity contribution in [2.75, 3.05) is 6.61 Å². The third kappa shape index (κ3) is 12.9. The van der Waals surface area contributed by atoms with Gasteiger partial charge in [0.2, 0.25) is 0 Å². The predicted octanol–water partition coefficient (Wildman–Crippen LogP) is 11.3. The van der Waals surface area contributed by atoms with Gasteiger partial charge in [-0.25, -0.2) is 19.6 Å². The highest BCUT2D eigenvalue weighted by atomic mass is 16.5. The van der Waals surface area contributed by atoms with Gasteiger partial charge in [0.15, 0.2) is 5.65 Å². The molecule has 0 atom stereocenters. The second kappa shape index (κ2) is 22.5. The number of nitrogens with one attached hydrogen (secondary N) is 1. The average Bonchev–Trinajstić information content (AvgIpc) is 3.84. The molecule has 7 heterocycles. The zero-order valence-electron chi connectivity index (χ0n) is 37.0. The second-order valence-electron chi connectivity index (χ2n) is 16.3. The number of rotatable bonds is 0. The molecule has 6 aromatic heterocycles. The van der Waals surface area contributed by atoms with Crippen molar-refractivity contribution in [2.45, 2.75) is 58.4 Å². The molecular formula is C55H53N7O3. The quantitative estimate of drug-likeness (QED) is 0.160. The Morgan fingerprint density at radius 2 is 1.15 bits per heavy atom. The second-order valence-corrected chi connectivity index (χ2v) is 16.3. The summed E-state index contributed by atoms with van der Waals surface area (Å²) in [6.45, 7) is 6.79. The summed E-state index contributed by atoms with van der Waals surface area (Å²) in [6.07, 6.45) is 15.4. The Labute approximate surface area is 379 Å². The summed E-state index contributed by atoms with van der Waals surface area (Å²) in [7, 11) is 0. The topological polar surface area (TPSA) is 129 Å². The van der Waals surface area contributed by atoms with Crippen molar-refractivity contribution in [2.24, 2.45) is 0 Å². The monoisotopic (exact) mass is 859 g/mol. The number of pyridine rings is 4. The Bertz CT molecular complexity index is 2900. The number of benzene rings is 4. The van der Waals surface area contributed by atoms with E-state index in [4.69, 9.17) is 4.74 Å². The minimum Gasteiger partial charge on any atom is -0.493 e. The largest absolute Gasteiger partial charge is 0.493 e. The van der Waals surface area contributed by atoms with Crippen LogP contribution in [0.4, 0.5) is 0 Å². The summed E-state index contributed by atoms with van der Waals surface area (Å²) in [6, 6.07) is 49.8. The Kier molecular flexibility index (Phi) is 15.6. The lowest BCUT2D eigenvalue weighted by atomic mass is 9.91. The van der Waals surface area contributed by atoms with E-state index in [0.717, 1.165) is 70.0 Å². The molecule has 0 saturated carbocycles. The van der Waals surface area contributed by atoms with Gasteiger partial charge in [-0.2, -0.15) is 5.10 Å². The number of aryl methyl sites for hydroxylation is 2. The van der Waals surface area contributed by atoms with Crippen molar-refractivity contribution < 1.29 is 9.53 Å². The SMILES string of the molecule is CC(C)(C)n1ncc2ccccc2c1=O.O=C1CCc2ccccc2C1.c1ccc2c(c1)CCCO2.c1ccc2ncccc2c1.c1cnc2[nH]ccc2c1.c1cnc2ncccc2c1. The summed E-state index contributed by atoms with van der Waals surface area (Å²) < 4.78 is 6.95. The average molecular weight is 860 g/mol. The lowest BCUT2D eigenvalue weighted by molar-refractivity contribution is -0.118. The van der Waals surface area contributed by atoms with Crippen LogP contribution in [0.25, 0.3) is 43.7 Å². The Hall–Kier alpha value is -7.85. The highest BCUT2D eigenvalue weighted by Gasteiger charge is 2.17. The number of fused-ring (bicyclic) bond motifs is 6. The van der Waals surface area contributed by atoms with Gasteiger partial charge in [-0.05, 0) is 123 Å². The highest BCUT2D eigenvalue weighted by Crippen LogP contribution is 2.23. The van der Waals surface area contributed by atoms with E-state index in [1.807, 2.05) is 154 Å². The fraction of sp³-hybridized carbons (Fsp3) is 0.182.